The normalized spacial score (nSPS) is 11.2. The zero-order valence-electron chi connectivity index (χ0n) is 47.3. The maximum atomic E-state index is 7.44. The van der Waals surface area contributed by atoms with E-state index in [9.17, 15) is 0 Å². The SMILES string of the molecule is Cc1cc(N(c2ccccc2)c2ccccc2)ccc1-c1ccc(N(c2ccc(C(C)(C)C)cc2)c2cccc(Cc3cccc(N(c4ccccc4)c4ccc(-c5ccc(N(c6ccccc6)c6ccccc6)cc5)cc4)c3)c2)cc1Cl. The van der Waals surface area contributed by atoms with Gasteiger partial charge in [-0.3, -0.25) is 0 Å². The van der Waals surface area contributed by atoms with E-state index in [1.165, 1.54) is 16.7 Å². The van der Waals surface area contributed by atoms with Crippen LogP contribution in [0.1, 0.15) is 43.0 Å². The minimum atomic E-state index is 0.0114. The molecule has 0 saturated heterocycles. The highest BCUT2D eigenvalue weighted by Crippen LogP contribution is 2.44. The number of nitrogens with zero attached hydrogens (tertiary/aromatic N) is 4. The standard InChI is InChI=1S/C78H65ClN4/c1-57-52-73(81(65-28-14-7-15-29-65)66-30-16-8-17-31-66)48-50-75(57)76-51-49-74(56-77(76)79)83(70-46-40-62(41-47-70)78(2,3)4)72-35-21-23-59(55-72)53-58-22-20-34-71(54-58)82(67-32-18-9-19-33-67)69-44-38-61(39-45-69)60-36-42-68(43-37-60)80(63-24-10-5-11-25-63)64-26-12-6-13-27-64/h5-52,54-56H,53H2,1-4H3. The molecule has 0 aromatic heterocycles. The van der Waals surface area contributed by atoms with Crippen molar-refractivity contribution in [2.45, 2.75) is 39.5 Å². The zero-order chi connectivity index (χ0) is 56.7. The summed E-state index contributed by atoms with van der Waals surface area (Å²) >= 11 is 7.44. The van der Waals surface area contributed by atoms with Crippen LogP contribution in [0.5, 0.6) is 0 Å². The van der Waals surface area contributed by atoms with Gasteiger partial charge in [0.15, 0.2) is 0 Å². The Morgan fingerprint density at radius 1 is 0.277 bits per heavy atom. The van der Waals surface area contributed by atoms with Gasteiger partial charge in [-0.1, -0.05) is 196 Å². The summed E-state index contributed by atoms with van der Waals surface area (Å²) in [6.45, 7) is 8.95. The average molecular weight is 1090 g/mol. The Morgan fingerprint density at radius 2 is 0.566 bits per heavy atom. The molecule has 0 N–H and O–H groups in total. The molecule has 0 radical (unpaired) electrons. The molecule has 0 aliphatic heterocycles. The molecule has 0 unspecified atom stereocenters. The zero-order valence-corrected chi connectivity index (χ0v) is 48.1. The smallest absolute Gasteiger partial charge is 0.0505 e. The van der Waals surface area contributed by atoms with Crippen molar-refractivity contribution in [1.29, 1.82) is 0 Å². The number of halogens is 1. The molecule has 404 valence electrons. The van der Waals surface area contributed by atoms with Gasteiger partial charge in [0.1, 0.15) is 0 Å². The monoisotopic (exact) mass is 1090 g/mol. The largest absolute Gasteiger partial charge is 0.311 e. The van der Waals surface area contributed by atoms with Crippen LogP contribution in [0.15, 0.2) is 309 Å². The Morgan fingerprint density at radius 3 is 0.928 bits per heavy atom. The molecule has 5 heteroatoms. The second-order valence-corrected chi connectivity index (χ2v) is 22.5. The number of anilines is 12. The summed E-state index contributed by atoms with van der Waals surface area (Å²) in [5.41, 5.74) is 22.2. The van der Waals surface area contributed by atoms with Crippen LogP contribution in [-0.4, -0.2) is 0 Å². The van der Waals surface area contributed by atoms with Crippen LogP contribution in [0.2, 0.25) is 5.02 Å². The number of hydrogen-bond donors (Lipinski definition) is 0. The summed E-state index contributed by atoms with van der Waals surface area (Å²) < 4.78 is 0. The van der Waals surface area contributed by atoms with E-state index in [1.807, 2.05) is 0 Å². The van der Waals surface area contributed by atoms with Gasteiger partial charge >= 0.3 is 0 Å². The fourth-order valence-electron chi connectivity index (χ4n) is 11.2. The number of rotatable bonds is 16. The van der Waals surface area contributed by atoms with E-state index >= 15 is 0 Å². The summed E-state index contributed by atoms with van der Waals surface area (Å²) in [4.78, 5) is 9.26. The molecule has 12 rings (SSSR count). The Hall–Kier alpha value is -9.87. The van der Waals surface area contributed by atoms with E-state index in [0.717, 1.165) is 102 Å². The number of aryl methyl sites for hydroxylation is 1. The molecular weight excluding hydrogens is 1030 g/mol. The first kappa shape index (κ1) is 53.8. The van der Waals surface area contributed by atoms with Gasteiger partial charge in [-0.2, -0.15) is 0 Å². The van der Waals surface area contributed by atoms with Crippen molar-refractivity contribution in [2.75, 3.05) is 19.6 Å². The molecule has 0 fully saturated rings. The van der Waals surface area contributed by atoms with Crippen LogP contribution in [0, 0.1) is 6.92 Å². The van der Waals surface area contributed by atoms with Crippen molar-refractivity contribution in [1.82, 2.24) is 0 Å². The van der Waals surface area contributed by atoms with Gasteiger partial charge in [0.05, 0.1) is 5.02 Å². The molecule has 4 nitrogen and oxygen atoms in total. The number of benzene rings is 12. The molecular formula is C78H65ClN4. The molecule has 12 aromatic carbocycles. The van der Waals surface area contributed by atoms with Gasteiger partial charge < -0.3 is 19.6 Å². The van der Waals surface area contributed by atoms with E-state index in [1.54, 1.807) is 0 Å². The third kappa shape index (κ3) is 12.0. The second kappa shape index (κ2) is 24.1. The van der Waals surface area contributed by atoms with Gasteiger partial charge in [-0.05, 0) is 203 Å². The van der Waals surface area contributed by atoms with Gasteiger partial charge in [0.2, 0.25) is 0 Å². The molecule has 0 saturated carbocycles. The van der Waals surface area contributed by atoms with E-state index in [4.69, 9.17) is 11.6 Å². The van der Waals surface area contributed by atoms with Crippen molar-refractivity contribution < 1.29 is 0 Å². The van der Waals surface area contributed by atoms with Crippen molar-refractivity contribution in [2.24, 2.45) is 0 Å². The highest BCUT2D eigenvalue weighted by Gasteiger charge is 2.21. The maximum Gasteiger partial charge on any atom is 0.0505 e. The van der Waals surface area contributed by atoms with Crippen molar-refractivity contribution in [3.05, 3.63) is 337 Å². The van der Waals surface area contributed by atoms with Crippen LogP contribution in [0.25, 0.3) is 22.3 Å². The predicted octanol–water partition coefficient (Wildman–Crippen LogP) is 22.7. The average Bonchev–Trinajstić information content (AvgIpc) is 3.67. The topological polar surface area (TPSA) is 13.0 Å². The highest BCUT2D eigenvalue weighted by atomic mass is 35.5. The van der Waals surface area contributed by atoms with Crippen LogP contribution in [-0.2, 0) is 11.8 Å². The molecule has 0 atom stereocenters. The lowest BCUT2D eigenvalue weighted by Gasteiger charge is -2.28. The summed E-state index contributed by atoms with van der Waals surface area (Å²) in [6.07, 6.45) is 0.739. The molecule has 0 heterocycles. The predicted molar refractivity (Wildman–Crippen MR) is 354 cm³/mol. The molecule has 12 aromatic rings. The lowest BCUT2D eigenvalue weighted by Crippen LogP contribution is -2.13. The first-order chi connectivity index (χ1) is 40.6. The van der Waals surface area contributed by atoms with Gasteiger partial charge in [0, 0.05) is 73.8 Å². The fourth-order valence-corrected chi connectivity index (χ4v) is 11.5. The quantitative estimate of drug-likeness (QED) is 0.0956. The minimum Gasteiger partial charge on any atom is -0.311 e. The summed E-state index contributed by atoms with van der Waals surface area (Å²) in [7, 11) is 0. The molecule has 0 spiro atoms. The van der Waals surface area contributed by atoms with Crippen LogP contribution in [0.4, 0.5) is 68.2 Å². The highest BCUT2D eigenvalue weighted by molar-refractivity contribution is 6.33. The van der Waals surface area contributed by atoms with E-state index in [2.05, 4.69) is 357 Å². The molecule has 83 heavy (non-hydrogen) atoms. The Bertz CT molecular complexity index is 4010. The molecule has 0 aliphatic rings. The fraction of sp³-hybridized carbons (Fsp3) is 0.0769. The Kier molecular flexibility index (Phi) is 15.6. The van der Waals surface area contributed by atoms with E-state index < -0.39 is 0 Å². The van der Waals surface area contributed by atoms with E-state index in [-0.39, 0.29) is 5.41 Å². The lowest BCUT2D eigenvalue weighted by molar-refractivity contribution is 0.590. The van der Waals surface area contributed by atoms with Crippen LogP contribution >= 0.6 is 11.6 Å². The van der Waals surface area contributed by atoms with Crippen LogP contribution < -0.4 is 19.6 Å². The van der Waals surface area contributed by atoms with Crippen molar-refractivity contribution >= 4 is 79.8 Å². The van der Waals surface area contributed by atoms with Gasteiger partial charge in [0.25, 0.3) is 0 Å². The molecule has 0 aliphatic carbocycles. The van der Waals surface area contributed by atoms with Gasteiger partial charge in [-0.15, -0.1) is 0 Å². The molecule has 0 amide bonds. The van der Waals surface area contributed by atoms with Crippen molar-refractivity contribution in [3.8, 4) is 22.3 Å². The first-order valence-corrected chi connectivity index (χ1v) is 28.8. The number of hydrogen-bond acceptors (Lipinski definition) is 4. The lowest BCUT2D eigenvalue weighted by atomic mass is 9.87. The summed E-state index contributed by atoms with van der Waals surface area (Å²) in [5.74, 6) is 0. The van der Waals surface area contributed by atoms with Gasteiger partial charge in [-0.25, -0.2) is 0 Å². The minimum absolute atomic E-state index is 0.0114. The third-order valence-corrected chi connectivity index (χ3v) is 15.7. The molecule has 0 bridgehead atoms. The van der Waals surface area contributed by atoms with E-state index in [0.29, 0.717) is 5.02 Å². The van der Waals surface area contributed by atoms with Crippen molar-refractivity contribution in [3.63, 3.8) is 0 Å². The van der Waals surface area contributed by atoms with Crippen LogP contribution in [0.3, 0.4) is 0 Å². The third-order valence-electron chi connectivity index (χ3n) is 15.4. The summed E-state index contributed by atoms with van der Waals surface area (Å²) in [5, 5.41) is 0.687. The second-order valence-electron chi connectivity index (χ2n) is 22.1. The maximum absolute atomic E-state index is 7.44. The summed E-state index contributed by atoms with van der Waals surface area (Å²) in [6, 6.07) is 111. The first-order valence-electron chi connectivity index (χ1n) is 28.5. The Labute approximate surface area is 495 Å². The number of para-hydroxylation sites is 5. The Balaban J connectivity index is 0.828.